The van der Waals surface area contributed by atoms with E-state index in [4.69, 9.17) is 15.0 Å². The van der Waals surface area contributed by atoms with Gasteiger partial charge < -0.3 is 18.3 Å². The molecule has 7 nitrogen and oxygen atoms in total. The predicted molar refractivity (Wildman–Crippen MR) is 344 cm³/mol. The van der Waals surface area contributed by atoms with Gasteiger partial charge in [-0.25, -0.2) is 15.0 Å². The number of hydrogen-bond acceptors (Lipinski definition) is 3. The first kappa shape index (κ1) is 49.3. The number of rotatable bonds is 8. The Labute approximate surface area is 490 Å². The highest BCUT2D eigenvalue weighted by Gasteiger charge is 2.33. The highest BCUT2D eigenvalue weighted by molar-refractivity contribution is 6.21. The maximum absolute atomic E-state index is 15.8. The molecule has 0 atom stereocenters. The lowest BCUT2D eigenvalue weighted by atomic mass is 9.94. The van der Waals surface area contributed by atoms with Crippen LogP contribution in [0, 0.1) is 0 Å². The molecule has 0 fully saturated rings. The summed E-state index contributed by atoms with van der Waals surface area (Å²) >= 11 is 0. The van der Waals surface area contributed by atoms with Crippen LogP contribution in [0.2, 0.25) is 0 Å². The molecule has 86 heavy (non-hydrogen) atoms. The van der Waals surface area contributed by atoms with Crippen LogP contribution in [-0.4, -0.2) is 33.2 Å². The molecule has 17 rings (SSSR count). The van der Waals surface area contributed by atoms with Crippen molar-refractivity contribution in [1.82, 2.24) is 33.2 Å². The number of alkyl halides is 3. The Bertz CT molecular complexity index is 5510. The van der Waals surface area contributed by atoms with Gasteiger partial charge in [-0.2, -0.15) is 13.2 Å². The summed E-state index contributed by atoms with van der Waals surface area (Å²) < 4.78 is 56.4. The van der Waals surface area contributed by atoms with E-state index in [0.717, 1.165) is 115 Å². The first-order chi connectivity index (χ1) is 42.3. The van der Waals surface area contributed by atoms with Crippen LogP contribution in [0.3, 0.4) is 0 Å². The molecule has 0 spiro atoms. The Hall–Kier alpha value is -11.4. The van der Waals surface area contributed by atoms with Gasteiger partial charge in [0.2, 0.25) is 0 Å². The molecule has 0 radical (unpaired) electrons. The van der Waals surface area contributed by atoms with Crippen LogP contribution in [0.5, 0.6) is 0 Å². The summed E-state index contributed by atoms with van der Waals surface area (Å²) in [5.41, 5.74) is 13.0. The van der Waals surface area contributed by atoms with Crippen molar-refractivity contribution in [3.8, 4) is 68.0 Å². The first-order valence-electron chi connectivity index (χ1n) is 28.6. The smallest absolute Gasteiger partial charge is 0.309 e. The third-order valence-electron chi connectivity index (χ3n) is 17.0. The molecule has 0 amide bonds. The standard InChI is InChI=1S/C76H46F3N7/c77-76(78,79)49-37-40-68(86-67-36-20-16-32-56(67)63-44-61-54-30-14-18-34-65(54)84(70(61)46-72(63)86)51-27-11-4-12-28-51)59(41-49)58-42-52(38-39-57(58)75-81-73(47-21-5-1-6-22-47)80-74(82-75)48-23-7-2-8-24-48)85-66-35-19-15-31-55(66)62-43-60-53-29-13-17-33-64(53)83(69(60)45-71(62)85)50-25-9-3-10-26-50/h1-46H. The fourth-order valence-electron chi connectivity index (χ4n) is 13.3. The summed E-state index contributed by atoms with van der Waals surface area (Å²) in [5, 5.41) is 8.39. The second-order valence-electron chi connectivity index (χ2n) is 21.9. The molecule has 0 N–H and O–H groups in total. The summed E-state index contributed by atoms with van der Waals surface area (Å²) in [7, 11) is 0. The van der Waals surface area contributed by atoms with Crippen molar-refractivity contribution in [2.75, 3.05) is 0 Å². The van der Waals surface area contributed by atoms with Gasteiger partial charge in [0.05, 0.1) is 55.4 Å². The lowest BCUT2D eigenvalue weighted by molar-refractivity contribution is -0.137. The fraction of sp³-hybridized carbons (Fsp3) is 0.0132. The second-order valence-corrected chi connectivity index (χ2v) is 21.9. The first-order valence-corrected chi connectivity index (χ1v) is 28.6. The molecule has 0 aliphatic carbocycles. The van der Waals surface area contributed by atoms with E-state index >= 15 is 13.2 Å². The highest BCUT2D eigenvalue weighted by Crippen LogP contribution is 2.47. The third-order valence-corrected chi connectivity index (χ3v) is 17.0. The van der Waals surface area contributed by atoms with Crippen LogP contribution in [0.4, 0.5) is 13.2 Å². The highest BCUT2D eigenvalue weighted by atomic mass is 19.4. The minimum absolute atomic E-state index is 0.301. The molecule has 0 bridgehead atoms. The summed E-state index contributed by atoms with van der Waals surface area (Å²) in [4.78, 5) is 15.6. The minimum atomic E-state index is -4.71. The Kier molecular flexibility index (Phi) is 10.9. The molecule has 406 valence electrons. The van der Waals surface area contributed by atoms with Crippen LogP contribution in [-0.2, 0) is 6.18 Å². The Morgan fingerprint density at radius 1 is 0.244 bits per heavy atom. The number of para-hydroxylation sites is 6. The van der Waals surface area contributed by atoms with Gasteiger partial charge in [0.1, 0.15) is 0 Å². The summed E-state index contributed by atoms with van der Waals surface area (Å²) in [6.45, 7) is 0. The third kappa shape index (κ3) is 7.66. The second kappa shape index (κ2) is 19.1. The number of halogens is 3. The molecule has 0 aliphatic rings. The van der Waals surface area contributed by atoms with Crippen molar-refractivity contribution in [2.24, 2.45) is 0 Å². The Morgan fingerprint density at radius 3 is 1.06 bits per heavy atom. The molecule has 17 aromatic rings. The molecular formula is C76H46F3N7. The van der Waals surface area contributed by atoms with E-state index < -0.39 is 11.7 Å². The van der Waals surface area contributed by atoms with Gasteiger partial charge in [-0.05, 0) is 115 Å². The average molecular weight is 1110 g/mol. The quantitative estimate of drug-likeness (QED) is 0.152. The van der Waals surface area contributed by atoms with Crippen molar-refractivity contribution >= 4 is 87.2 Å². The number of benzene rings is 12. The lowest BCUT2D eigenvalue weighted by Crippen LogP contribution is -2.08. The maximum Gasteiger partial charge on any atom is 0.416 e. The minimum Gasteiger partial charge on any atom is -0.309 e. The van der Waals surface area contributed by atoms with Crippen LogP contribution in [0.1, 0.15) is 5.56 Å². The molecule has 5 aromatic heterocycles. The topological polar surface area (TPSA) is 58.4 Å². The maximum atomic E-state index is 15.8. The zero-order valence-corrected chi connectivity index (χ0v) is 45.8. The zero-order valence-electron chi connectivity index (χ0n) is 45.8. The summed E-state index contributed by atoms with van der Waals surface area (Å²) in [6, 6.07) is 92.8. The van der Waals surface area contributed by atoms with Gasteiger partial charge in [-0.3, -0.25) is 0 Å². The Balaban J connectivity index is 1.000. The van der Waals surface area contributed by atoms with E-state index in [1.165, 1.54) is 12.1 Å². The van der Waals surface area contributed by atoms with Gasteiger partial charge >= 0.3 is 6.18 Å². The molecule has 12 aromatic carbocycles. The van der Waals surface area contributed by atoms with E-state index in [-0.39, 0.29) is 0 Å². The van der Waals surface area contributed by atoms with Crippen molar-refractivity contribution in [3.63, 3.8) is 0 Å². The van der Waals surface area contributed by atoms with E-state index in [1.807, 2.05) is 121 Å². The van der Waals surface area contributed by atoms with Gasteiger partial charge in [-0.15, -0.1) is 0 Å². The van der Waals surface area contributed by atoms with Crippen LogP contribution >= 0.6 is 0 Å². The summed E-state index contributed by atoms with van der Waals surface area (Å²) in [6.07, 6.45) is -4.71. The predicted octanol–water partition coefficient (Wildman–Crippen LogP) is 19.9. The molecule has 10 heteroatoms. The molecule has 0 saturated carbocycles. The molecular weight excluding hydrogens is 1070 g/mol. The van der Waals surface area contributed by atoms with Gasteiger partial charge in [0, 0.05) is 82.4 Å². The molecule has 0 saturated heterocycles. The van der Waals surface area contributed by atoms with Crippen molar-refractivity contribution in [3.05, 3.63) is 285 Å². The van der Waals surface area contributed by atoms with Gasteiger partial charge in [-0.1, -0.05) is 170 Å². The van der Waals surface area contributed by atoms with Gasteiger partial charge in [0.25, 0.3) is 0 Å². The zero-order chi connectivity index (χ0) is 57.2. The van der Waals surface area contributed by atoms with E-state index in [0.29, 0.717) is 39.9 Å². The van der Waals surface area contributed by atoms with Crippen LogP contribution < -0.4 is 0 Å². The van der Waals surface area contributed by atoms with E-state index in [2.05, 4.69) is 158 Å². The largest absolute Gasteiger partial charge is 0.416 e. The van der Waals surface area contributed by atoms with Gasteiger partial charge in [0.15, 0.2) is 17.5 Å². The lowest BCUT2D eigenvalue weighted by Gasteiger charge is -2.20. The van der Waals surface area contributed by atoms with Crippen LogP contribution in [0.15, 0.2) is 279 Å². The fourth-order valence-corrected chi connectivity index (χ4v) is 13.3. The van der Waals surface area contributed by atoms with Crippen molar-refractivity contribution in [1.29, 1.82) is 0 Å². The molecule has 5 heterocycles. The van der Waals surface area contributed by atoms with E-state index in [1.54, 1.807) is 6.07 Å². The van der Waals surface area contributed by atoms with Crippen LogP contribution in [0.25, 0.3) is 155 Å². The van der Waals surface area contributed by atoms with Crippen molar-refractivity contribution in [2.45, 2.75) is 6.18 Å². The monoisotopic (exact) mass is 1110 g/mol. The normalized spacial score (nSPS) is 12.1. The Morgan fingerprint density at radius 2 is 0.616 bits per heavy atom. The SMILES string of the molecule is FC(F)(F)c1ccc(-n2c3ccccc3c3cc4c5ccccc5n(-c5ccccc5)c4cc32)c(-c2cc(-n3c4ccccc4c4cc5c6ccccc6n(-c6ccccc6)c5cc43)ccc2-c2nc(-c3ccccc3)nc(-c3ccccc3)n2)c1. The average Bonchev–Trinajstić information content (AvgIpc) is 1.60. The molecule has 0 unspecified atom stereocenters. The number of fused-ring (bicyclic) bond motifs is 12. The number of aromatic nitrogens is 7. The molecule has 0 aliphatic heterocycles. The number of hydrogen-bond donors (Lipinski definition) is 0. The van der Waals surface area contributed by atoms with E-state index in [9.17, 15) is 0 Å². The van der Waals surface area contributed by atoms with Crippen molar-refractivity contribution < 1.29 is 13.2 Å². The number of nitrogens with zero attached hydrogens (tertiary/aromatic N) is 7. The summed E-state index contributed by atoms with van der Waals surface area (Å²) in [5.74, 6) is 1.15.